The minimum absolute atomic E-state index is 0.134. The highest BCUT2D eigenvalue weighted by Crippen LogP contribution is 2.01. The topological polar surface area (TPSA) is 59.4 Å². The van der Waals surface area contributed by atoms with Crippen LogP contribution in [-0.2, 0) is 23.1 Å². The molecule has 2 heterocycles. The van der Waals surface area contributed by atoms with Gasteiger partial charge in [-0.15, -0.1) is 0 Å². The molecule has 0 aromatic carbocycles. The lowest BCUT2D eigenvalue weighted by Crippen LogP contribution is -2.49. The number of hydrogen-bond donors (Lipinski definition) is 1. The molecule has 1 amide bonds. The van der Waals surface area contributed by atoms with Crippen molar-refractivity contribution in [2.45, 2.75) is 19.5 Å². The Bertz CT molecular complexity index is 399. The highest BCUT2D eigenvalue weighted by Gasteiger charge is 2.21. The molecule has 1 N–H and O–H groups in total. The largest absolute Gasteiger partial charge is 0.378 e. The summed E-state index contributed by atoms with van der Waals surface area (Å²) in [4.78, 5) is 14.0. The summed E-state index contributed by atoms with van der Waals surface area (Å²) < 4.78 is 6.99. The van der Waals surface area contributed by atoms with E-state index in [1.807, 2.05) is 31.1 Å². The SMILES string of the molecule is CC(NCc1ccn(C)n1)C(=O)N1CCOCC1. The molecule has 1 unspecified atom stereocenters. The van der Waals surface area contributed by atoms with Crippen molar-refractivity contribution in [1.82, 2.24) is 20.0 Å². The van der Waals surface area contributed by atoms with Crippen molar-refractivity contribution in [3.05, 3.63) is 18.0 Å². The number of ether oxygens (including phenoxy) is 1. The first-order valence-electron chi connectivity index (χ1n) is 6.25. The quantitative estimate of drug-likeness (QED) is 0.803. The molecule has 0 bridgehead atoms. The number of aryl methyl sites for hydroxylation is 1. The van der Waals surface area contributed by atoms with Gasteiger partial charge in [0.05, 0.1) is 24.9 Å². The average molecular weight is 252 g/mol. The van der Waals surface area contributed by atoms with Gasteiger partial charge < -0.3 is 15.0 Å². The lowest BCUT2D eigenvalue weighted by atomic mass is 10.2. The van der Waals surface area contributed by atoms with Crippen LogP contribution in [0.1, 0.15) is 12.6 Å². The fourth-order valence-electron chi connectivity index (χ4n) is 1.96. The van der Waals surface area contributed by atoms with Crippen LogP contribution in [0.2, 0.25) is 0 Å². The summed E-state index contributed by atoms with van der Waals surface area (Å²) in [6.07, 6.45) is 1.89. The van der Waals surface area contributed by atoms with Crippen LogP contribution in [-0.4, -0.2) is 52.9 Å². The first-order chi connectivity index (χ1) is 8.66. The van der Waals surface area contributed by atoms with E-state index in [0.29, 0.717) is 32.8 Å². The van der Waals surface area contributed by atoms with Crippen molar-refractivity contribution >= 4 is 5.91 Å². The van der Waals surface area contributed by atoms with Crippen LogP contribution >= 0.6 is 0 Å². The van der Waals surface area contributed by atoms with Gasteiger partial charge in [0.1, 0.15) is 0 Å². The molecule has 1 saturated heterocycles. The molecule has 1 aliphatic heterocycles. The van der Waals surface area contributed by atoms with Gasteiger partial charge >= 0.3 is 0 Å². The minimum Gasteiger partial charge on any atom is -0.378 e. The number of morpholine rings is 1. The number of amides is 1. The maximum atomic E-state index is 12.1. The van der Waals surface area contributed by atoms with E-state index in [0.717, 1.165) is 5.69 Å². The van der Waals surface area contributed by atoms with Gasteiger partial charge in [0.15, 0.2) is 0 Å². The number of carbonyl (C=O) groups excluding carboxylic acids is 1. The molecule has 1 aromatic heterocycles. The third-order valence-electron chi connectivity index (χ3n) is 3.05. The summed E-state index contributed by atoms with van der Waals surface area (Å²) >= 11 is 0. The maximum Gasteiger partial charge on any atom is 0.239 e. The second-order valence-corrected chi connectivity index (χ2v) is 4.52. The fraction of sp³-hybridized carbons (Fsp3) is 0.667. The zero-order valence-electron chi connectivity index (χ0n) is 10.9. The highest BCUT2D eigenvalue weighted by atomic mass is 16.5. The molecule has 0 radical (unpaired) electrons. The van der Waals surface area contributed by atoms with Crippen molar-refractivity contribution in [3.8, 4) is 0 Å². The number of nitrogens with one attached hydrogen (secondary N) is 1. The molecule has 0 aliphatic carbocycles. The highest BCUT2D eigenvalue weighted by molar-refractivity contribution is 5.81. The monoisotopic (exact) mass is 252 g/mol. The molecular weight excluding hydrogens is 232 g/mol. The summed E-state index contributed by atoms with van der Waals surface area (Å²) in [5, 5.41) is 7.47. The summed E-state index contributed by atoms with van der Waals surface area (Å²) in [6, 6.07) is 1.75. The molecule has 1 fully saturated rings. The summed E-state index contributed by atoms with van der Waals surface area (Å²) in [5.41, 5.74) is 0.944. The van der Waals surface area contributed by atoms with Crippen molar-refractivity contribution < 1.29 is 9.53 Å². The Hall–Kier alpha value is -1.40. The van der Waals surface area contributed by atoms with E-state index in [2.05, 4.69) is 10.4 Å². The van der Waals surface area contributed by atoms with Gasteiger partial charge in [-0.25, -0.2) is 0 Å². The Morgan fingerprint density at radius 1 is 1.56 bits per heavy atom. The summed E-state index contributed by atoms with van der Waals surface area (Å²) in [6.45, 7) is 5.15. The summed E-state index contributed by atoms with van der Waals surface area (Å²) in [7, 11) is 1.88. The maximum absolute atomic E-state index is 12.1. The Balaban J connectivity index is 1.79. The third kappa shape index (κ3) is 3.30. The van der Waals surface area contributed by atoms with Gasteiger partial charge in [-0.1, -0.05) is 0 Å². The molecule has 1 aromatic rings. The van der Waals surface area contributed by atoms with Crippen LogP contribution in [0.25, 0.3) is 0 Å². The molecule has 1 aliphatic rings. The molecule has 100 valence electrons. The van der Waals surface area contributed by atoms with Gasteiger partial charge in [0.2, 0.25) is 5.91 Å². The number of carbonyl (C=O) groups is 1. The fourth-order valence-corrected chi connectivity index (χ4v) is 1.96. The van der Waals surface area contributed by atoms with Crippen molar-refractivity contribution in [3.63, 3.8) is 0 Å². The first-order valence-corrected chi connectivity index (χ1v) is 6.25. The predicted molar refractivity (Wildman–Crippen MR) is 66.9 cm³/mol. The molecule has 18 heavy (non-hydrogen) atoms. The first kappa shape index (κ1) is 13.0. The molecule has 0 spiro atoms. The molecule has 2 rings (SSSR count). The van der Waals surface area contributed by atoms with E-state index in [1.165, 1.54) is 0 Å². The molecule has 6 heteroatoms. The van der Waals surface area contributed by atoms with Crippen LogP contribution < -0.4 is 5.32 Å². The molecule has 0 saturated carbocycles. The van der Waals surface area contributed by atoms with Crippen LogP contribution in [0.5, 0.6) is 0 Å². The van der Waals surface area contributed by atoms with E-state index in [9.17, 15) is 4.79 Å². The zero-order valence-corrected chi connectivity index (χ0v) is 10.9. The Labute approximate surface area is 107 Å². The number of aromatic nitrogens is 2. The van der Waals surface area contributed by atoms with E-state index in [-0.39, 0.29) is 11.9 Å². The van der Waals surface area contributed by atoms with Gasteiger partial charge in [0.25, 0.3) is 0 Å². The van der Waals surface area contributed by atoms with Crippen LogP contribution in [0.4, 0.5) is 0 Å². The third-order valence-corrected chi connectivity index (χ3v) is 3.05. The minimum atomic E-state index is -0.190. The normalized spacial score (nSPS) is 17.8. The summed E-state index contributed by atoms with van der Waals surface area (Å²) in [5.74, 6) is 0.134. The Morgan fingerprint density at radius 3 is 2.89 bits per heavy atom. The lowest BCUT2D eigenvalue weighted by Gasteiger charge is -2.29. The molecule has 6 nitrogen and oxygen atoms in total. The van der Waals surface area contributed by atoms with Crippen LogP contribution in [0.3, 0.4) is 0 Å². The Kier molecular flexibility index (Phi) is 4.33. The van der Waals surface area contributed by atoms with E-state index < -0.39 is 0 Å². The van der Waals surface area contributed by atoms with Gasteiger partial charge in [0, 0.05) is 32.9 Å². The van der Waals surface area contributed by atoms with Crippen molar-refractivity contribution in [1.29, 1.82) is 0 Å². The van der Waals surface area contributed by atoms with Gasteiger partial charge in [-0.3, -0.25) is 9.48 Å². The van der Waals surface area contributed by atoms with Gasteiger partial charge in [-0.2, -0.15) is 5.10 Å². The second kappa shape index (κ2) is 5.97. The predicted octanol–water partition coefficient (Wildman–Crippen LogP) is -0.243. The van der Waals surface area contributed by atoms with Crippen LogP contribution in [0, 0.1) is 0 Å². The van der Waals surface area contributed by atoms with E-state index in [1.54, 1.807) is 4.68 Å². The van der Waals surface area contributed by atoms with Crippen molar-refractivity contribution in [2.75, 3.05) is 26.3 Å². The second-order valence-electron chi connectivity index (χ2n) is 4.52. The molecule has 1 atom stereocenters. The number of hydrogen-bond acceptors (Lipinski definition) is 4. The zero-order chi connectivity index (χ0) is 13.0. The molecular formula is C12H20N4O2. The number of nitrogens with zero attached hydrogens (tertiary/aromatic N) is 3. The van der Waals surface area contributed by atoms with E-state index >= 15 is 0 Å². The van der Waals surface area contributed by atoms with Gasteiger partial charge in [-0.05, 0) is 13.0 Å². The smallest absolute Gasteiger partial charge is 0.239 e. The van der Waals surface area contributed by atoms with E-state index in [4.69, 9.17) is 4.74 Å². The standard InChI is InChI=1S/C12H20N4O2/c1-10(12(17)16-5-7-18-8-6-16)13-9-11-3-4-15(2)14-11/h3-4,10,13H,5-9H2,1-2H3. The number of rotatable bonds is 4. The Morgan fingerprint density at radius 2 is 2.28 bits per heavy atom. The lowest BCUT2D eigenvalue weighted by molar-refractivity contribution is -0.137. The average Bonchev–Trinajstić information content (AvgIpc) is 2.82. The van der Waals surface area contributed by atoms with Crippen LogP contribution in [0.15, 0.2) is 12.3 Å². The van der Waals surface area contributed by atoms with Crippen molar-refractivity contribution in [2.24, 2.45) is 7.05 Å².